The van der Waals surface area contributed by atoms with Crippen molar-refractivity contribution in [3.05, 3.63) is 117 Å². The molecule has 1 aromatic heterocycles. The number of ether oxygens (including phenoxy) is 3. The van der Waals surface area contributed by atoms with Crippen molar-refractivity contribution in [2.24, 2.45) is 4.99 Å². The molecule has 4 aromatic rings. The Kier molecular flexibility index (Phi) is 9.28. The first-order valence-electron chi connectivity index (χ1n) is 13.4. The summed E-state index contributed by atoms with van der Waals surface area (Å²) in [6.07, 6.45) is 1.40. The highest BCUT2D eigenvalue weighted by Crippen LogP contribution is 2.43. The van der Waals surface area contributed by atoms with E-state index in [0.29, 0.717) is 0 Å². The molecule has 0 aliphatic carbocycles. The molecule has 11 nitrogen and oxygen atoms in total. The van der Waals surface area contributed by atoms with Gasteiger partial charge in [-0.3, -0.25) is 19.5 Å². The Morgan fingerprint density at radius 3 is 2.58 bits per heavy atom. The second kappa shape index (κ2) is 13.1. The molecule has 3 aromatic carbocycles. The lowest BCUT2D eigenvalue weighted by molar-refractivity contribution is -0.385. The number of nitrogens with zero attached hydrogens (tertiary/aromatic N) is 3. The van der Waals surface area contributed by atoms with Crippen LogP contribution in [0.3, 0.4) is 0 Å². The predicted octanol–water partition coefficient (Wildman–Crippen LogP) is 5.42. The lowest BCUT2D eigenvalue weighted by Gasteiger charge is -2.23. The Hall–Kier alpha value is -4.65. The van der Waals surface area contributed by atoms with E-state index < -0.39 is 22.5 Å². The summed E-state index contributed by atoms with van der Waals surface area (Å²) in [5.41, 5.74) is 0.266. The highest BCUT2D eigenvalue weighted by Gasteiger charge is 2.36. The maximum Gasteiger partial charge on any atom is 0.338 e. The number of fused-ring (bicyclic) bond motifs is 1. The Labute approximate surface area is 270 Å². The summed E-state index contributed by atoms with van der Waals surface area (Å²) in [5.74, 6) is -0.770. The number of benzene rings is 3. The van der Waals surface area contributed by atoms with Crippen LogP contribution < -0.4 is 24.4 Å². The van der Waals surface area contributed by atoms with Gasteiger partial charge < -0.3 is 19.3 Å². The second-order valence-corrected chi connectivity index (χ2v) is 11.6. The quantitative estimate of drug-likeness (QED) is 0.142. The number of nitro benzene ring substituents is 1. The summed E-state index contributed by atoms with van der Waals surface area (Å²) in [4.78, 5) is 43.6. The van der Waals surface area contributed by atoms with E-state index in [1.54, 1.807) is 6.92 Å². The van der Waals surface area contributed by atoms with Gasteiger partial charge in [0.15, 0.2) is 16.3 Å². The van der Waals surface area contributed by atoms with Crippen LogP contribution in [0, 0.1) is 10.1 Å². The van der Waals surface area contributed by atoms with Gasteiger partial charge in [-0.05, 0) is 43.7 Å². The van der Waals surface area contributed by atoms with E-state index >= 15 is 0 Å². The smallest absolute Gasteiger partial charge is 0.338 e. The van der Waals surface area contributed by atoms with Crippen molar-refractivity contribution < 1.29 is 29.0 Å². The van der Waals surface area contributed by atoms with E-state index in [-0.39, 0.29) is 77.9 Å². The molecule has 0 amide bonds. The number of esters is 1. The monoisotopic (exact) mass is 669 g/mol. The molecule has 0 radical (unpaired) electrons. The third-order valence-electron chi connectivity index (χ3n) is 6.93. The number of phenols is 1. The Balaban J connectivity index is 1.71. The largest absolute Gasteiger partial charge is 0.506 e. The lowest BCUT2D eigenvalue weighted by atomic mass is 9.94. The molecule has 1 atom stereocenters. The van der Waals surface area contributed by atoms with Crippen LogP contribution in [0.15, 0.2) is 70.0 Å². The van der Waals surface area contributed by atoms with Gasteiger partial charge >= 0.3 is 5.97 Å². The zero-order valence-corrected chi connectivity index (χ0v) is 26.4. The number of aromatic hydroxyl groups is 1. The van der Waals surface area contributed by atoms with Gasteiger partial charge in [-0.1, -0.05) is 64.9 Å². The maximum atomic E-state index is 13.6. The number of carbonyl (C=O) groups is 1. The van der Waals surface area contributed by atoms with E-state index in [1.165, 1.54) is 48.9 Å². The minimum atomic E-state index is -1.23. The van der Waals surface area contributed by atoms with E-state index in [1.807, 2.05) is 30.3 Å². The van der Waals surface area contributed by atoms with Crippen LogP contribution in [0.1, 0.15) is 36.6 Å². The number of nitro groups is 1. The van der Waals surface area contributed by atoms with Gasteiger partial charge in [0, 0.05) is 16.3 Å². The average molecular weight is 671 g/mol. The van der Waals surface area contributed by atoms with Crippen molar-refractivity contribution in [2.75, 3.05) is 13.7 Å². The van der Waals surface area contributed by atoms with Crippen molar-refractivity contribution in [1.82, 2.24) is 4.57 Å². The number of phenolic OH excluding ortho intramolecular Hbond substituents is 1. The number of rotatable bonds is 9. The number of hydrogen-bond donors (Lipinski definition) is 1. The first kappa shape index (κ1) is 31.8. The second-order valence-electron chi connectivity index (χ2n) is 9.70. The summed E-state index contributed by atoms with van der Waals surface area (Å²) in [7, 11) is 1.39. The van der Waals surface area contributed by atoms with Crippen molar-refractivity contribution in [3.8, 4) is 17.2 Å². The summed E-state index contributed by atoms with van der Waals surface area (Å²) < 4.78 is 18.1. The van der Waals surface area contributed by atoms with Gasteiger partial charge in [0.2, 0.25) is 0 Å². The molecule has 0 unspecified atom stereocenters. The topological polar surface area (TPSA) is 142 Å². The molecule has 0 saturated heterocycles. The number of hydrogen-bond acceptors (Lipinski definition) is 10. The van der Waals surface area contributed by atoms with Crippen LogP contribution in [0.4, 0.5) is 5.69 Å². The third-order valence-corrected chi connectivity index (χ3v) is 8.41. The molecule has 0 bridgehead atoms. The molecule has 0 fully saturated rings. The Morgan fingerprint density at radius 2 is 1.91 bits per heavy atom. The minimum absolute atomic E-state index is 0.00181. The predicted molar refractivity (Wildman–Crippen MR) is 170 cm³/mol. The number of halogens is 2. The Bertz CT molecular complexity index is 2040. The van der Waals surface area contributed by atoms with E-state index in [4.69, 9.17) is 37.4 Å². The first-order valence-corrected chi connectivity index (χ1v) is 15.0. The van der Waals surface area contributed by atoms with Gasteiger partial charge in [-0.15, -0.1) is 0 Å². The van der Waals surface area contributed by atoms with Crippen molar-refractivity contribution in [2.45, 2.75) is 26.5 Å². The molecule has 45 heavy (non-hydrogen) atoms. The van der Waals surface area contributed by atoms with Crippen molar-refractivity contribution >= 4 is 58.0 Å². The fourth-order valence-electron chi connectivity index (χ4n) is 4.83. The minimum Gasteiger partial charge on any atom is -0.506 e. The molecule has 1 N–H and O–H groups in total. The summed E-state index contributed by atoms with van der Waals surface area (Å²) >= 11 is 13.1. The van der Waals surface area contributed by atoms with Crippen LogP contribution in [0.2, 0.25) is 10.0 Å². The number of carbonyl (C=O) groups excluding carboxylic acids is 1. The van der Waals surface area contributed by atoms with Gasteiger partial charge in [-0.25, -0.2) is 9.79 Å². The third kappa shape index (κ3) is 6.30. The van der Waals surface area contributed by atoms with E-state index in [0.717, 1.165) is 16.9 Å². The molecular weight excluding hydrogens is 645 g/mol. The summed E-state index contributed by atoms with van der Waals surface area (Å²) in [5, 5.41) is 23.1. The van der Waals surface area contributed by atoms with Gasteiger partial charge in [-0.2, -0.15) is 0 Å². The fraction of sp³-hybridized carbons (Fsp3) is 0.194. The molecule has 232 valence electrons. The van der Waals surface area contributed by atoms with Crippen molar-refractivity contribution in [3.63, 3.8) is 0 Å². The number of aromatic nitrogens is 1. The van der Waals surface area contributed by atoms with Gasteiger partial charge in [0.25, 0.3) is 11.2 Å². The van der Waals surface area contributed by atoms with E-state index in [2.05, 4.69) is 4.99 Å². The van der Waals surface area contributed by atoms with E-state index in [9.17, 15) is 24.8 Å². The SMILES string of the molecule is CCOC(=O)C1=C(C)n2c(s/c(=C\c3cc(Cl)cc(Cl)c3O)c2=O)=N[C@@H]1c1cc(OC)c(OCc2ccccc2)cc1[N+](=O)[O-]. The van der Waals surface area contributed by atoms with Crippen LogP contribution in [0.5, 0.6) is 17.2 Å². The molecule has 2 heterocycles. The molecule has 14 heteroatoms. The molecule has 5 rings (SSSR count). The lowest BCUT2D eigenvalue weighted by Crippen LogP contribution is -2.35. The zero-order chi connectivity index (χ0) is 32.4. The summed E-state index contributed by atoms with van der Waals surface area (Å²) in [6, 6.07) is 13.4. The number of methoxy groups -OCH3 is 1. The molecule has 1 aliphatic rings. The van der Waals surface area contributed by atoms with Crippen LogP contribution in [-0.2, 0) is 16.1 Å². The van der Waals surface area contributed by atoms with Crippen LogP contribution >= 0.6 is 34.5 Å². The first-order chi connectivity index (χ1) is 21.5. The normalized spacial score (nSPS) is 14.5. The standard InChI is InChI=1S/C31H25Cl2N3O8S/c1-4-43-30(39)26-16(2)35-29(38)25(11-18-10-19(32)12-21(33)28(18)37)45-31(35)34-27(26)20-13-23(42-3)24(14-22(20)36(40)41)44-15-17-8-6-5-7-9-17/h5-14,27,37H,4,15H2,1-3H3/b25-11-/t27-/m1/s1. The molecule has 0 saturated carbocycles. The van der Waals surface area contributed by atoms with Gasteiger partial charge in [0.05, 0.1) is 45.4 Å². The van der Waals surface area contributed by atoms with Crippen LogP contribution in [-0.4, -0.2) is 34.3 Å². The highest BCUT2D eigenvalue weighted by atomic mass is 35.5. The average Bonchev–Trinajstić information content (AvgIpc) is 3.33. The fourth-order valence-corrected chi connectivity index (χ4v) is 6.37. The van der Waals surface area contributed by atoms with Gasteiger partial charge in [0.1, 0.15) is 18.4 Å². The number of allylic oxidation sites excluding steroid dienone is 1. The van der Waals surface area contributed by atoms with Crippen molar-refractivity contribution in [1.29, 1.82) is 0 Å². The molecule has 0 spiro atoms. The summed E-state index contributed by atoms with van der Waals surface area (Å²) in [6.45, 7) is 3.29. The van der Waals surface area contributed by atoms with Crippen LogP contribution in [0.25, 0.3) is 11.8 Å². The Morgan fingerprint density at radius 1 is 1.18 bits per heavy atom. The maximum absolute atomic E-state index is 13.6. The zero-order valence-electron chi connectivity index (χ0n) is 24.1. The highest BCUT2D eigenvalue weighted by molar-refractivity contribution is 7.07. The molecule has 1 aliphatic heterocycles. The molecular formula is C31H25Cl2N3O8S. The number of thiazole rings is 1.